The van der Waals surface area contributed by atoms with Crippen LogP contribution in [0.2, 0.25) is 0 Å². The summed E-state index contributed by atoms with van der Waals surface area (Å²) in [6.45, 7) is 1.71. The number of fused-ring (bicyclic) bond motifs is 1. The van der Waals surface area contributed by atoms with Crippen LogP contribution in [-0.4, -0.2) is 51.5 Å². The van der Waals surface area contributed by atoms with Gasteiger partial charge in [-0.05, 0) is 18.2 Å². The van der Waals surface area contributed by atoms with Gasteiger partial charge in [0.05, 0.1) is 17.8 Å². The Balaban J connectivity index is 1.50. The molecule has 2 aromatic heterocycles. The van der Waals surface area contributed by atoms with Gasteiger partial charge in [-0.15, -0.1) is 0 Å². The van der Waals surface area contributed by atoms with E-state index in [1.54, 1.807) is 34.5 Å². The lowest BCUT2D eigenvalue weighted by atomic mass is 10.0. The Hall–Kier alpha value is -2.70. The molecule has 1 N–H and O–H groups in total. The van der Waals surface area contributed by atoms with Crippen LogP contribution in [0.4, 0.5) is 5.69 Å². The second-order valence-electron chi connectivity index (χ2n) is 5.71. The van der Waals surface area contributed by atoms with E-state index in [0.29, 0.717) is 25.3 Å². The molecule has 7 heteroatoms. The molecule has 0 bridgehead atoms. The number of H-pyrrole nitrogens is 1. The molecule has 2 amide bonds. The third-order valence-corrected chi connectivity index (χ3v) is 4.42. The summed E-state index contributed by atoms with van der Waals surface area (Å²) >= 11 is 0. The molecule has 2 aromatic rings. The first-order valence-electron chi connectivity index (χ1n) is 7.24. The zero-order chi connectivity index (χ0) is 15.1. The summed E-state index contributed by atoms with van der Waals surface area (Å²) in [5, 5.41) is 6.48. The summed E-state index contributed by atoms with van der Waals surface area (Å²) in [6.07, 6.45) is 4.95. The number of aromatic amines is 1. The van der Waals surface area contributed by atoms with Crippen LogP contribution in [-0.2, 0) is 4.79 Å². The van der Waals surface area contributed by atoms with Gasteiger partial charge in [-0.2, -0.15) is 5.10 Å². The molecule has 2 aliphatic rings. The van der Waals surface area contributed by atoms with Crippen LogP contribution in [0.3, 0.4) is 0 Å². The Morgan fingerprint density at radius 3 is 2.82 bits per heavy atom. The number of hydrogen-bond donors (Lipinski definition) is 1. The zero-order valence-electron chi connectivity index (χ0n) is 11.8. The first kappa shape index (κ1) is 13.0. The molecule has 0 radical (unpaired) electrons. The molecule has 0 unspecified atom stereocenters. The van der Waals surface area contributed by atoms with Gasteiger partial charge in [0.2, 0.25) is 5.91 Å². The van der Waals surface area contributed by atoms with Crippen LogP contribution in [0.5, 0.6) is 0 Å². The average Bonchev–Trinajstić information content (AvgIpc) is 3.25. The Bertz CT molecular complexity index is 700. The Labute approximate surface area is 126 Å². The highest BCUT2D eigenvalue weighted by atomic mass is 16.2. The molecule has 112 valence electrons. The van der Waals surface area contributed by atoms with E-state index in [2.05, 4.69) is 15.2 Å². The number of rotatable bonds is 2. The summed E-state index contributed by atoms with van der Waals surface area (Å²) in [5.74, 6) is 0.0530. The van der Waals surface area contributed by atoms with Crippen molar-refractivity contribution in [2.75, 3.05) is 24.5 Å². The van der Waals surface area contributed by atoms with Gasteiger partial charge >= 0.3 is 0 Å². The Morgan fingerprint density at radius 1 is 1.23 bits per heavy atom. The van der Waals surface area contributed by atoms with Gasteiger partial charge in [0.15, 0.2) is 0 Å². The van der Waals surface area contributed by atoms with Crippen molar-refractivity contribution >= 4 is 17.5 Å². The quantitative estimate of drug-likeness (QED) is 0.877. The summed E-state index contributed by atoms with van der Waals surface area (Å²) in [7, 11) is 0. The molecule has 2 aliphatic heterocycles. The third-order valence-electron chi connectivity index (χ3n) is 4.42. The largest absolute Gasteiger partial charge is 0.336 e. The predicted octanol–water partition coefficient (Wildman–Crippen LogP) is 0.540. The van der Waals surface area contributed by atoms with Crippen molar-refractivity contribution in [3.8, 4) is 0 Å². The minimum Gasteiger partial charge on any atom is -0.336 e. The van der Waals surface area contributed by atoms with Crippen molar-refractivity contribution in [2.24, 2.45) is 11.8 Å². The number of aromatic nitrogens is 3. The number of amides is 2. The lowest BCUT2D eigenvalue weighted by molar-refractivity contribution is -0.120. The van der Waals surface area contributed by atoms with Crippen molar-refractivity contribution in [2.45, 2.75) is 0 Å². The number of anilines is 1. The van der Waals surface area contributed by atoms with Crippen molar-refractivity contribution in [3.05, 3.63) is 42.5 Å². The van der Waals surface area contributed by atoms with Crippen LogP contribution >= 0.6 is 0 Å². The van der Waals surface area contributed by atoms with Gasteiger partial charge in [0.1, 0.15) is 5.69 Å². The molecule has 0 spiro atoms. The van der Waals surface area contributed by atoms with Gasteiger partial charge < -0.3 is 9.80 Å². The summed E-state index contributed by atoms with van der Waals surface area (Å²) in [6, 6.07) is 5.37. The minimum absolute atomic E-state index is 0.0814. The lowest BCUT2D eigenvalue weighted by Crippen LogP contribution is -2.35. The van der Waals surface area contributed by atoms with E-state index < -0.39 is 0 Å². The fraction of sp³-hybridized carbons (Fsp3) is 0.333. The van der Waals surface area contributed by atoms with Crippen molar-refractivity contribution in [1.29, 1.82) is 0 Å². The Morgan fingerprint density at radius 2 is 2.14 bits per heavy atom. The maximum absolute atomic E-state index is 12.6. The monoisotopic (exact) mass is 297 g/mol. The van der Waals surface area contributed by atoms with Crippen molar-refractivity contribution in [3.63, 3.8) is 0 Å². The second-order valence-corrected chi connectivity index (χ2v) is 5.71. The lowest BCUT2D eigenvalue weighted by Gasteiger charge is -2.21. The zero-order valence-corrected chi connectivity index (χ0v) is 11.8. The molecule has 0 aromatic carbocycles. The van der Waals surface area contributed by atoms with E-state index in [9.17, 15) is 9.59 Å². The smallest absolute Gasteiger partial charge is 0.271 e. The number of pyridine rings is 1. The normalized spacial score (nSPS) is 23.9. The van der Waals surface area contributed by atoms with E-state index in [1.165, 1.54) is 0 Å². The highest BCUT2D eigenvalue weighted by Crippen LogP contribution is 2.35. The highest BCUT2D eigenvalue weighted by molar-refractivity contribution is 5.99. The standard InChI is InChI=1S/C15H15N5O2/c21-14-12-9-19(15(22)13-3-5-17-18-13)7-10(12)8-20(14)11-2-1-4-16-6-11/h1-6,10,12H,7-9H2,(H,17,18)/t10-,12-/m1/s1. The fourth-order valence-corrected chi connectivity index (χ4v) is 3.32. The van der Waals surface area contributed by atoms with Crippen LogP contribution < -0.4 is 4.90 Å². The molecule has 22 heavy (non-hydrogen) atoms. The van der Waals surface area contributed by atoms with Crippen molar-refractivity contribution < 1.29 is 9.59 Å². The molecule has 4 heterocycles. The van der Waals surface area contributed by atoms with Crippen LogP contribution in [0.1, 0.15) is 10.5 Å². The summed E-state index contributed by atoms with van der Waals surface area (Å²) in [5.41, 5.74) is 1.30. The van der Waals surface area contributed by atoms with Gasteiger partial charge in [-0.1, -0.05) is 0 Å². The van der Waals surface area contributed by atoms with Gasteiger partial charge in [0, 0.05) is 37.9 Å². The number of likely N-dealkylation sites (tertiary alicyclic amines) is 1. The number of hydrogen-bond acceptors (Lipinski definition) is 4. The molecule has 0 saturated carbocycles. The van der Waals surface area contributed by atoms with E-state index >= 15 is 0 Å². The SMILES string of the molecule is O=C(c1ccn[nH]1)N1C[C@@H]2CN(c3cccnc3)C(=O)[C@@H]2C1. The molecule has 2 fully saturated rings. The minimum atomic E-state index is -0.118. The molecule has 2 saturated heterocycles. The maximum Gasteiger partial charge on any atom is 0.271 e. The third kappa shape index (κ3) is 1.97. The molecule has 4 rings (SSSR count). The molecule has 2 atom stereocenters. The van der Waals surface area contributed by atoms with E-state index in [0.717, 1.165) is 5.69 Å². The number of nitrogens with zero attached hydrogens (tertiary/aromatic N) is 4. The van der Waals surface area contributed by atoms with Crippen molar-refractivity contribution in [1.82, 2.24) is 20.1 Å². The first-order valence-corrected chi connectivity index (χ1v) is 7.24. The molecule has 7 nitrogen and oxygen atoms in total. The molecule has 0 aliphatic carbocycles. The first-order chi connectivity index (χ1) is 10.7. The van der Waals surface area contributed by atoms with E-state index in [4.69, 9.17) is 0 Å². The van der Waals surface area contributed by atoms with Crippen LogP contribution in [0.25, 0.3) is 0 Å². The maximum atomic E-state index is 12.6. The Kier molecular flexibility index (Phi) is 2.92. The van der Waals surface area contributed by atoms with Gasteiger partial charge in [-0.25, -0.2) is 0 Å². The van der Waals surface area contributed by atoms with Gasteiger partial charge in [0.25, 0.3) is 5.91 Å². The summed E-state index contributed by atoms with van der Waals surface area (Å²) in [4.78, 5) is 32.5. The summed E-state index contributed by atoms with van der Waals surface area (Å²) < 4.78 is 0. The van der Waals surface area contributed by atoms with Crippen LogP contribution in [0.15, 0.2) is 36.8 Å². The van der Waals surface area contributed by atoms with Gasteiger partial charge in [-0.3, -0.25) is 19.7 Å². The second kappa shape index (κ2) is 4.94. The van der Waals surface area contributed by atoms with E-state index in [1.807, 2.05) is 12.1 Å². The molecular formula is C15H15N5O2. The number of nitrogens with one attached hydrogen (secondary N) is 1. The highest BCUT2D eigenvalue weighted by Gasteiger charge is 2.48. The van der Waals surface area contributed by atoms with E-state index in [-0.39, 0.29) is 23.7 Å². The fourth-order valence-electron chi connectivity index (χ4n) is 3.32. The number of carbonyl (C=O) groups is 2. The molecular weight excluding hydrogens is 282 g/mol. The van der Waals surface area contributed by atoms with Crippen LogP contribution in [0, 0.1) is 11.8 Å². The number of carbonyl (C=O) groups excluding carboxylic acids is 2. The average molecular weight is 297 g/mol. The topological polar surface area (TPSA) is 82.2 Å². The predicted molar refractivity (Wildman–Crippen MR) is 78.1 cm³/mol.